The first kappa shape index (κ1) is 38.4. The lowest BCUT2D eigenvalue weighted by Gasteiger charge is -2.11. The highest BCUT2D eigenvalue weighted by atomic mass is 16.2. The van der Waals surface area contributed by atoms with E-state index in [1.54, 1.807) is 57.0 Å². The van der Waals surface area contributed by atoms with Crippen LogP contribution >= 0.6 is 0 Å². The minimum atomic E-state index is -3.19. The maximum absolute atomic E-state index is 13.8. The number of aromatic nitrogens is 13. The van der Waals surface area contributed by atoms with Gasteiger partial charge in [0.25, 0.3) is 17.7 Å². The molecule has 0 aliphatic heterocycles. The minimum Gasteiger partial charge on any atom is -0.324 e. The summed E-state index contributed by atoms with van der Waals surface area (Å²) < 4.78 is 329. The number of pyridine rings is 3. The molecule has 0 aliphatic carbocycles. The Morgan fingerprint density at radius 3 is 1.09 bits per heavy atom. The van der Waals surface area contributed by atoms with E-state index >= 15 is 0 Å². The molecule has 15 aromatic rings. The third-order valence-corrected chi connectivity index (χ3v) is 14.4. The highest BCUT2D eigenvalue weighted by molar-refractivity contribution is 6.06. The smallest absolute Gasteiger partial charge is 0.255 e. The van der Waals surface area contributed by atoms with Gasteiger partial charge in [0.05, 0.1) is 95.5 Å². The maximum atomic E-state index is 13.8. The van der Waals surface area contributed by atoms with Crippen LogP contribution < -0.4 is 32.8 Å². The van der Waals surface area contributed by atoms with Gasteiger partial charge < -0.3 is 44.6 Å². The molecule has 22 nitrogen and oxygen atoms in total. The van der Waals surface area contributed by atoms with Crippen LogP contribution in [0, 0.1) is 62.2 Å². The van der Waals surface area contributed by atoms with Crippen molar-refractivity contribution < 1.29 is 67.8 Å². The molecular formula is C86H77N19O3. The number of anilines is 3. The maximum Gasteiger partial charge on any atom is 0.255 e. The van der Waals surface area contributed by atoms with E-state index in [-0.39, 0.29) is 132 Å². The van der Waals surface area contributed by atoms with E-state index in [0.717, 1.165) is 11.1 Å². The van der Waals surface area contributed by atoms with Crippen molar-refractivity contribution >= 4 is 51.8 Å². The van der Waals surface area contributed by atoms with E-state index in [0.29, 0.717) is 5.69 Å². The number of rotatable bonds is 15. The molecule has 15 rings (SSSR count). The Morgan fingerprint density at radius 2 is 0.750 bits per heavy atom. The molecule has 0 saturated heterocycles. The van der Waals surface area contributed by atoms with Gasteiger partial charge in [-0.05, 0) is 264 Å². The minimum absolute atomic E-state index is 0.0159. The predicted molar refractivity (Wildman–Crippen MR) is 422 cm³/mol. The van der Waals surface area contributed by atoms with Crippen LogP contribution in [0.3, 0.4) is 0 Å². The number of imidazole rings is 1. The lowest BCUT2D eigenvalue weighted by atomic mass is 10.1. The normalized spacial score (nSPS) is 16.7. The van der Waals surface area contributed by atoms with Gasteiger partial charge in [0.15, 0.2) is 0 Å². The average Bonchev–Trinajstić information content (AvgIpc) is 1.35. The topological polar surface area (TPSA) is 277 Å². The summed E-state index contributed by atoms with van der Waals surface area (Å²) in [4.78, 5) is 87.7. The van der Waals surface area contributed by atoms with Crippen molar-refractivity contribution in [1.29, 1.82) is 0 Å². The molecule has 0 aliphatic rings. The first-order valence-corrected chi connectivity index (χ1v) is 31.7. The molecule has 0 fully saturated rings. The van der Waals surface area contributed by atoms with Crippen LogP contribution in [0.15, 0.2) is 283 Å². The van der Waals surface area contributed by atoms with Gasteiger partial charge in [-0.3, -0.25) is 29.3 Å². The zero-order valence-corrected chi connectivity index (χ0v) is 57.7. The molecule has 534 valence electrons. The van der Waals surface area contributed by atoms with Crippen LogP contribution in [0.5, 0.6) is 0 Å². The summed E-state index contributed by atoms with van der Waals surface area (Å²) in [6.07, 6.45) is 3.46. The van der Waals surface area contributed by atoms with Gasteiger partial charge in [-0.15, -0.1) is 0 Å². The third kappa shape index (κ3) is 18.5. The Labute approximate surface area is 678 Å². The monoisotopic (exact) mass is 1460 g/mol. The predicted octanol–water partition coefficient (Wildman–Crippen LogP) is 16.4. The molecule has 9 aromatic heterocycles. The molecule has 108 heavy (non-hydrogen) atoms. The van der Waals surface area contributed by atoms with Crippen LogP contribution in [0.2, 0.25) is 0 Å². The molecule has 3 amide bonds. The number of aromatic amines is 3. The summed E-state index contributed by atoms with van der Waals surface area (Å²) in [7, 11) is 0. The van der Waals surface area contributed by atoms with Gasteiger partial charge in [-0.1, -0.05) is 18.1 Å². The molecule has 0 bridgehead atoms. The van der Waals surface area contributed by atoms with Crippen LogP contribution in [0.4, 0.5) is 34.1 Å². The van der Waals surface area contributed by atoms with E-state index in [2.05, 4.69) is 80.8 Å². The van der Waals surface area contributed by atoms with Crippen molar-refractivity contribution in [3.05, 3.63) is 352 Å². The summed E-state index contributed by atoms with van der Waals surface area (Å²) in [5, 5.41) is 7.18. The molecule has 6 N–H and O–H groups in total. The number of benzene rings is 6. The van der Waals surface area contributed by atoms with Gasteiger partial charge in [0.2, 0.25) is 16.9 Å². The van der Waals surface area contributed by atoms with Gasteiger partial charge >= 0.3 is 0 Å². The number of H-pyrrole nitrogens is 3. The van der Waals surface area contributed by atoms with Crippen molar-refractivity contribution in [2.45, 2.75) is 62.2 Å². The zero-order chi connectivity index (χ0) is 109. The van der Waals surface area contributed by atoms with Crippen LogP contribution in [-0.2, 0) is 0 Å². The Morgan fingerprint density at radius 1 is 0.389 bits per heavy atom. The third-order valence-electron chi connectivity index (χ3n) is 14.4. The molecule has 9 heterocycles. The molecule has 0 radical (unpaired) electrons. The fourth-order valence-electron chi connectivity index (χ4n) is 9.45. The molecule has 0 unspecified atom stereocenters. The fourth-order valence-corrected chi connectivity index (χ4v) is 9.45. The highest BCUT2D eigenvalue weighted by Crippen LogP contribution is 2.28. The number of nitrogens with one attached hydrogen (secondary N) is 6. The van der Waals surface area contributed by atoms with E-state index in [1.165, 1.54) is 54.6 Å². The zero-order valence-electron chi connectivity index (χ0n) is 96.7. The quantitative estimate of drug-likeness (QED) is 0.0564. The van der Waals surface area contributed by atoms with Crippen LogP contribution in [0.1, 0.15) is 135 Å². The summed E-state index contributed by atoms with van der Waals surface area (Å²) in [6, 6.07) is -11.3. The van der Waals surface area contributed by atoms with Crippen LogP contribution in [-0.4, -0.2) is 81.3 Å². The number of hydrogen-bond donors (Lipinski definition) is 6. The Balaban J connectivity index is 0.000000184. The second-order valence-corrected chi connectivity index (χ2v) is 22.8. The molecular weight excluding hydrogens is 1350 g/mol. The standard InChI is InChI=1S/2C29H26N6O.C28H25N7O/c2*1-19-9-12-35(18-19)25-14-20(2)13-24(16-25)32-28(36)22-7-6-21(3)27(15-22)34-29-31-11-8-26(33-29)23-5-4-10-30-17-23;1-18-11-23(14-24(12-18)35-16-20(3)31-17-35)32-27(36)21-7-6-19(2)26(13-21)34-28-30-10-8-25(33-28)22-5-4-9-29-15-22/h2*4-18H,1-3H3,(H,32,36)(H,31,33,34);4-17H,1-3H3,(H,32,36)(H,30,33,34)/i3D3,4D,5D,6D,7D,8D,10D,11D,13D,14D,15D,16D,17D;4D,5D,6D,7D,8D,10D,11D,13D,14D,15D,16D,17D;4D,5D,6D,7D,8D,9D,10D,11D,12D,13D,14D,15D. The molecule has 0 spiro atoms. The highest BCUT2D eigenvalue weighted by Gasteiger charge is 2.16. The van der Waals surface area contributed by atoms with Gasteiger partial charge in [-0.25, -0.2) is 34.9 Å². The Kier molecular flexibility index (Phi) is 11.7. The second-order valence-electron chi connectivity index (χ2n) is 22.8. The molecule has 22 heteroatoms. The van der Waals surface area contributed by atoms with E-state index in [1.807, 2.05) is 6.92 Å². The second kappa shape index (κ2) is 32.9. The lowest BCUT2D eigenvalue weighted by molar-refractivity contribution is 0.101. The van der Waals surface area contributed by atoms with Gasteiger partial charge in [0, 0.05) is 158 Å². The average molecular weight is 1460 g/mol. The number of carbonyl (C=O) groups is 3. The first-order valence-electron chi connectivity index (χ1n) is 51.2. The number of carbonyl (C=O) groups excluding carboxylic acids is 3. The summed E-state index contributed by atoms with van der Waals surface area (Å²) in [6.45, 7) is 9.27. The fraction of sp³-hybridized carbons (Fsp3) is 0.105. The van der Waals surface area contributed by atoms with Crippen molar-refractivity contribution in [3.63, 3.8) is 0 Å². The molecule has 0 atom stereocenters. The van der Waals surface area contributed by atoms with Crippen LogP contribution in [0.25, 0.3) is 50.8 Å². The summed E-state index contributed by atoms with van der Waals surface area (Å²) in [5.41, 5.74) is -6.63. The van der Waals surface area contributed by atoms with Crippen molar-refractivity contribution in [3.8, 4) is 50.8 Å². The van der Waals surface area contributed by atoms with Gasteiger partial charge in [-0.2, -0.15) is 0 Å². The first-order chi connectivity index (χ1) is 68.6. The lowest BCUT2D eigenvalue weighted by Crippen LogP contribution is -2.14. The van der Waals surface area contributed by atoms with E-state index < -0.39 is 263 Å². The largest absolute Gasteiger partial charge is 0.324 e. The molecule has 6 aromatic carbocycles. The van der Waals surface area contributed by atoms with Crippen molar-refractivity contribution in [1.82, 2.24) is 63.5 Å². The number of amides is 3. The SMILES string of the molecule is [2H]c1nc(=Nc2c([2H])c(C(=O)Nc3c([2H])c(C)c([2H])c(-n4ccc(C)c4)c3[2H])c([2H])c([2H])c2C([2H])([2H])[2H])[nH]c(-c2c([2H])nc([2H])c([2H])c2[2H])c1[2H].[2H]c1nc(=Nc2c([2H])c(C(=O)Nc3c([2H])c(C)c([2H])c(-n4ccc(C)c4)c3[2H])c([2H])c([2H])c2C)[nH]c(-c2c([2H])nc([2H])c([2H])c2[2H])c1[2H].[2H]c1nc(=Nc2c([2H])c(C(=O)Nc3c([2H])c(C)c([2H])c(-n4cnc(C)c4)c3[2H])c([2H])c([2H])c2C)[nH]c(-c2c([2H])nc([2H])c([2H])c2[2H])c1[2H]. The summed E-state index contributed by atoms with van der Waals surface area (Å²) in [5.74, 6) is -3.47. The number of nitrogens with zero attached hydrogens (tertiary/aromatic N) is 13. The van der Waals surface area contributed by atoms with Gasteiger partial charge in [0.1, 0.15) is 0 Å². The Bertz CT molecular complexity index is 8100. The van der Waals surface area contributed by atoms with E-state index in [4.69, 9.17) is 53.5 Å². The summed E-state index contributed by atoms with van der Waals surface area (Å²) >= 11 is 0. The number of aryl methyl sites for hydroxylation is 3. The molecule has 0 saturated carbocycles. The van der Waals surface area contributed by atoms with Crippen molar-refractivity contribution in [2.24, 2.45) is 15.0 Å². The van der Waals surface area contributed by atoms with Crippen molar-refractivity contribution in [2.75, 3.05) is 16.0 Å². The number of hydrogen-bond acceptors (Lipinski definition) is 13. The Hall–Kier alpha value is -14.4. The van der Waals surface area contributed by atoms with E-state index in [9.17, 15) is 14.4 Å².